The van der Waals surface area contributed by atoms with Crippen molar-refractivity contribution in [3.05, 3.63) is 0 Å². The number of hydrogen-bond acceptors (Lipinski definition) is 4. The maximum absolute atomic E-state index is 12.1. The van der Waals surface area contributed by atoms with Crippen molar-refractivity contribution >= 4 is 12.1 Å². The van der Waals surface area contributed by atoms with Gasteiger partial charge in [-0.3, -0.25) is 4.79 Å². The highest BCUT2D eigenvalue weighted by Crippen LogP contribution is 2.24. The molecule has 0 aromatic carbocycles. The highest BCUT2D eigenvalue weighted by Gasteiger charge is 2.32. The van der Waals surface area contributed by atoms with Crippen molar-refractivity contribution < 1.29 is 19.4 Å². The third-order valence-electron chi connectivity index (χ3n) is 3.42. The number of likely N-dealkylation sites (N-methyl/N-ethyl adjacent to an activating group) is 1. The quantitative estimate of drug-likeness (QED) is 0.824. The molecule has 1 fully saturated rings. The van der Waals surface area contributed by atoms with Crippen molar-refractivity contribution in [1.82, 2.24) is 10.2 Å². The number of carbonyl (C=O) groups is 2. The number of hydrogen-bond donors (Lipinski definition) is 2. The Bertz CT molecular complexity index is 352. The van der Waals surface area contributed by atoms with E-state index in [9.17, 15) is 9.59 Å². The third kappa shape index (κ3) is 5.36. The van der Waals surface area contributed by atoms with Gasteiger partial charge >= 0.3 is 12.1 Å². The minimum Gasteiger partial charge on any atom is -0.480 e. The first-order chi connectivity index (χ1) is 9.20. The molecule has 2 N–H and O–H groups in total. The Morgan fingerprint density at radius 1 is 1.30 bits per heavy atom. The number of carboxylic acids is 1. The van der Waals surface area contributed by atoms with E-state index < -0.39 is 11.6 Å². The normalized spacial score (nSPS) is 23.2. The first kappa shape index (κ1) is 16.8. The average molecular weight is 286 g/mol. The van der Waals surface area contributed by atoms with E-state index >= 15 is 0 Å². The minimum atomic E-state index is -0.880. The van der Waals surface area contributed by atoms with Crippen LogP contribution in [0.2, 0.25) is 0 Å². The molecule has 6 nitrogen and oxygen atoms in total. The van der Waals surface area contributed by atoms with Gasteiger partial charge in [-0.1, -0.05) is 12.8 Å². The van der Waals surface area contributed by atoms with Gasteiger partial charge in [0.1, 0.15) is 5.60 Å². The number of nitrogens with zero attached hydrogens (tertiary/aromatic N) is 1. The summed E-state index contributed by atoms with van der Waals surface area (Å²) in [7, 11) is 1.72. The molecule has 1 rings (SSSR count). The van der Waals surface area contributed by atoms with Gasteiger partial charge in [0.25, 0.3) is 0 Å². The molecule has 0 heterocycles. The first-order valence-electron chi connectivity index (χ1n) is 7.11. The third-order valence-corrected chi connectivity index (χ3v) is 3.42. The van der Waals surface area contributed by atoms with E-state index in [0.29, 0.717) is 0 Å². The molecule has 1 aliphatic rings. The highest BCUT2D eigenvalue weighted by molar-refractivity contribution is 5.69. The zero-order chi connectivity index (χ0) is 15.3. The van der Waals surface area contributed by atoms with Gasteiger partial charge in [0.05, 0.1) is 12.6 Å². The smallest absolute Gasteiger partial charge is 0.410 e. The molecule has 1 saturated carbocycles. The molecule has 0 saturated heterocycles. The second kappa shape index (κ2) is 6.92. The molecular weight excluding hydrogens is 260 g/mol. The zero-order valence-electron chi connectivity index (χ0n) is 12.8. The lowest BCUT2D eigenvalue weighted by atomic mass is 9.89. The Hall–Kier alpha value is -1.30. The SMILES string of the molecule is CN(C(=O)OC(C)(C)C)[C@@H]1CCCC[C@H]1NCC(=O)O. The first-order valence-corrected chi connectivity index (χ1v) is 7.11. The van der Waals surface area contributed by atoms with Crippen LogP contribution in [0, 0.1) is 0 Å². The Labute approximate surface area is 120 Å². The number of nitrogens with one attached hydrogen (secondary N) is 1. The van der Waals surface area contributed by atoms with E-state index in [4.69, 9.17) is 9.84 Å². The van der Waals surface area contributed by atoms with Crippen LogP contribution < -0.4 is 5.32 Å². The molecule has 0 aliphatic heterocycles. The lowest BCUT2D eigenvalue weighted by Crippen LogP contribution is -2.54. The molecule has 0 aromatic heterocycles. The van der Waals surface area contributed by atoms with E-state index in [2.05, 4.69) is 5.32 Å². The molecule has 0 unspecified atom stereocenters. The van der Waals surface area contributed by atoms with Crippen molar-refractivity contribution in [1.29, 1.82) is 0 Å². The van der Waals surface area contributed by atoms with Crippen LogP contribution in [-0.2, 0) is 9.53 Å². The summed E-state index contributed by atoms with van der Waals surface area (Å²) in [6.07, 6.45) is 3.49. The fourth-order valence-electron chi connectivity index (χ4n) is 2.50. The molecule has 0 spiro atoms. The summed E-state index contributed by atoms with van der Waals surface area (Å²) in [6, 6.07) is -0.00433. The van der Waals surface area contributed by atoms with Crippen molar-refractivity contribution in [3.8, 4) is 0 Å². The molecule has 1 amide bonds. The Balaban J connectivity index is 2.64. The van der Waals surface area contributed by atoms with Gasteiger partial charge in [-0.05, 0) is 33.6 Å². The molecule has 0 aromatic rings. The van der Waals surface area contributed by atoms with Crippen LogP contribution in [0.5, 0.6) is 0 Å². The Kier molecular flexibility index (Phi) is 5.80. The van der Waals surface area contributed by atoms with Gasteiger partial charge in [-0.15, -0.1) is 0 Å². The number of ether oxygens (including phenoxy) is 1. The standard InChI is InChI=1S/C14H26N2O4/c1-14(2,3)20-13(19)16(4)11-8-6-5-7-10(11)15-9-12(17)18/h10-11,15H,5-9H2,1-4H3,(H,17,18)/t10-,11-/m1/s1. The zero-order valence-corrected chi connectivity index (χ0v) is 12.8. The summed E-state index contributed by atoms with van der Waals surface area (Å²) in [4.78, 5) is 24.4. The van der Waals surface area contributed by atoms with Crippen LogP contribution >= 0.6 is 0 Å². The fourth-order valence-corrected chi connectivity index (χ4v) is 2.50. The van der Waals surface area contributed by atoms with Gasteiger partial charge in [-0.25, -0.2) is 4.79 Å². The summed E-state index contributed by atoms with van der Waals surface area (Å²) in [5, 5.41) is 11.8. The average Bonchev–Trinajstić information content (AvgIpc) is 2.33. The van der Waals surface area contributed by atoms with E-state index in [1.165, 1.54) is 0 Å². The molecule has 0 bridgehead atoms. The van der Waals surface area contributed by atoms with Crippen molar-refractivity contribution in [2.45, 2.75) is 64.1 Å². The van der Waals surface area contributed by atoms with Crippen LogP contribution in [0.25, 0.3) is 0 Å². The van der Waals surface area contributed by atoms with E-state index in [1.807, 2.05) is 20.8 Å². The maximum Gasteiger partial charge on any atom is 0.410 e. The van der Waals surface area contributed by atoms with E-state index in [1.54, 1.807) is 11.9 Å². The number of aliphatic carboxylic acids is 1. The lowest BCUT2D eigenvalue weighted by Gasteiger charge is -2.38. The molecule has 6 heteroatoms. The number of carboxylic acid groups (broad SMARTS) is 1. The molecular formula is C14H26N2O4. The Morgan fingerprint density at radius 2 is 1.90 bits per heavy atom. The molecule has 2 atom stereocenters. The predicted molar refractivity (Wildman–Crippen MR) is 75.7 cm³/mol. The van der Waals surface area contributed by atoms with Gasteiger partial charge < -0.3 is 20.1 Å². The van der Waals surface area contributed by atoms with Crippen molar-refractivity contribution in [2.75, 3.05) is 13.6 Å². The van der Waals surface area contributed by atoms with E-state index in [0.717, 1.165) is 25.7 Å². The van der Waals surface area contributed by atoms with Gasteiger partial charge in [-0.2, -0.15) is 0 Å². The summed E-state index contributed by atoms with van der Waals surface area (Å²) in [6.45, 7) is 5.42. The van der Waals surface area contributed by atoms with Crippen LogP contribution in [0.3, 0.4) is 0 Å². The van der Waals surface area contributed by atoms with Gasteiger partial charge in [0.15, 0.2) is 0 Å². The largest absolute Gasteiger partial charge is 0.480 e. The summed E-state index contributed by atoms with van der Waals surface area (Å²) in [5.41, 5.74) is -0.524. The van der Waals surface area contributed by atoms with Crippen LogP contribution in [-0.4, -0.2) is 53.3 Å². The number of carbonyl (C=O) groups excluding carboxylic acids is 1. The van der Waals surface area contributed by atoms with Gasteiger partial charge in [0.2, 0.25) is 0 Å². The summed E-state index contributed by atoms with van der Waals surface area (Å²) < 4.78 is 5.37. The molecule has 20 heavy (non-hydrogen) atoms. The second-order valence-corrected chi connectivity index (χ2v) is 6.32. The lowest BCUT2D eigenvalue weighted by molar-refractivity contribution is -0.136. The Morgan fingerprint density at radius 3 is 2.45 bits per heavy atom. The van der Waals surface area contributed by atoms with Crippen LogP contribution in [0.4, 0.5) is 4.79 Å². The fraction of sp³-hybridized carbons (Fsp3) is 0.857. The van der Waals surface area contributed by atoms with Crippen LogP contribution in [0.15, 0.2) is 0 Å². The molecule has 0 radical (unpaired) electrons. The van der Waals surface area contributed by atoms with Gasteiger partial charge in [0, 0.05) is 13.1 Å². The minimum absolute atomic E-state index is 0.0115. The maximum atomic E-state index is 12.1. The number of amides is 1. The molecule has 116 valence electrons. The highest BCUT2D eigenvalue weighted by atomic mass is 16.6. The second-order valence-electron chi connectivity index (χ2n) is 6.32. The van der Waals surface area contributed by atoms with Crippen LogP contribution in [0.1, 0.15) is 46.5 Å². The monoisotopic (exact) mass is 286 g/mol. The topological polar surface area (TPSA) is 78.9 Å². The number of rotatable bonds is 4. The van der Waals surface area contributed by atoms with E-state index in [-0.39, 0.29) is 24.7 Å². The van der Waals surface area contributed by atoms with Crippen molar-refractivity contribution in [2.24, 2.45) is 0 Å². The summed E-state index contributed by atoms with van der Waals surface area (Å²) in [5.74, 6) is -0.880. The summed E-state index contributed by atoms with van der Waals surface area (Å²) >= 11 is 0. The van der Waals surface area contributed by atoms with Crippen molar-refractivity contribution in [3.63, 3.8) is 0 Å². The predicted octanol–water partition coefficient (Wildman–Crippen LogP) is 1.84. The molecule has 1 aliphatic carbocycles.